The topological polar surface area (TPSA) is 75.4 Å². The zero-order chi connectivity index (χ0) is 13.5. The lowest BCUT2D eigenvalue weighted by Gasteiger charge is -2.25. The molecule has 0 unspecified atom stereocenters. The van der Waals surface area contributed by atoms with Crippen LogP contribution in [0.5, 0.6) is 0 Å². The summed E-state index contributed by atoms with van der Waals surface area (Å²) < 4.78 is 0. The number of hydrogen-bond donors (Lipinski definition) is 2. The lowest BCUT2D eigenvalue weighted by molar-refractivity contribution is -0.128. The molecule has 5 nitrogen and oxygen atoms in total. The minimum absolute atomic E-state index is 0.0407. The van der Waals surface area contributed by atoms with Gasteiger partial charge in [-0.3, -0.25) is 9.59 Å². The lowest BCUT2D eigenvalue weighted by Crippen LogP contribution is -2.33. The smallest absolute Gasteiger partial charge is 0.223 e. The Morgan fingerprint density at radius 3 is 2.39 bits per heavy atom. The van der Waals surface area contributed by atoms with Crippen molar-refractivity contribution in [2.45, 2.75) is 44.6 Å². The average Bonchev–Trinajstić information content (AvgIpc) is 2.32. The van der Waals surface area contributed by atoms with Gasteiger partial charge in [0.1, 0.15) is 0 Å². The van der Waals surface area contributed by atoms with Crippen LogP contribution in [-0.2, 0) is 9.59 Å². The molecule has 5 heteroatoms. The fourth-order valence-corrected chi connectivity index (χ4v) is 2.26. The van der Waals surface area contributed by atoms with Crippen molar-refractivity contribution in [3.63, 3.8) is 0 Å². The summed E-state index contributed by atoms with van der Waals surface area (Å²) >= 11 is 0. The number of hydrogen-bond acceptors (Lipinski definition) is 3. The molecular formula is C13H25N3O2. The van der Waals surface area contributed by atoms with Gasteiger partial charge in [0.25, 0.3) is 0 Å². The predicted octanol–water partition coefficient (Wildman–Crippen LogP) is 0.489. The minimum atomic E-state index is 0.0407. The summed E-state index contributed by atoms with van der Waals surface area (Å²) in [5, 5.41) is 2.81. The monoisotopic (exact) mass is 255 g/mol. The van der Waals surface area contributed by atoms with Crippen LogP contribution in [0, 0.1) is 5.92 Å². The molecule has 0 atom stereocenters. The van der Waals surface area contributed by atoms with Crippen molar-refractivity contribution in [1.82, 2.24) is 10.2 Å². The summed E-state index contributed by atoms with van der Waals surface area (Å²) in [5.41, 5.74) is 5.83. The molecule has 1 saturated carbocycles. The van der Waals surface area contributed by atoms with Gasteiger partial charge < -0.3 is 16.0 Å². The van der Waals surface area contributed by atoms with E-state index in [4.69, 9.17) is 5.73 Å². The van der Waals surface area contributed by atoms with Crippen molar-refractivity contribution in [2.75, 3.05) is 20.6 Å². The maximum atomic E-state index is 11.7. The van der Waals surface area contributed by atoms with Gasteiger partial charge in [0.15, 0.2) is 0 Å². The van der Waals surface area contributed by atoms with E-state index in [-0.39, 0.29) is 11.8 Å². The molecule has 1 aliphatic carbocycles. The standard InChI is InChI=1S/C13H25N3O2/c1-16(2)13(18)7-8-15-12(17)9-10-3-5-11(14)6-4-10/h10-11H,3-9,14H2,1-2H3,(H,15,17). The van der Waals surface area contributed by atoms with Crippen LogP contribution in [-0.4, -0.2) is 43.4 Å². The summed E-state index contributed by atoms with van der Waals surface area (Å²) in [6.45, 7) is 0.433. The number of nitrogens with zero attached hydrogens (tertiary/aromatic N) is 1. The predicted molar refractivity (Wildman–Crippen MR) is 70.9 cm³/mol. The number of amides is 2. The highest BCUT2D eigenvalue weighted by molar-refractivity contribution is 5.78. The number of carbonyl (C=O) groups excluding carboxylic acids is 2. The number of carbonyl (C=O) groups is 2. The lowest BCUT2D eigenvalue weighted by atomic mass is 9.84. The normalized spacial score (nSPS) is 23.5. The molecule has 0 heterocycles. The Bertz CT molecular complexity index is 284. The van der Waals surface area contributed by atoms with Gasteiger partial charge in [0.05, 0.1) is 0 Å². The molecule has 3 N–H and O–H groups in total. The fraction of sp³-hybridized carbons (Fsp3) is 0.846. The second-order valence-corrected chi connectivity index (χ2v) is 5.37. The van der Waals surface area contributed by atoms with Crippen molar-refractivity contribution >= 4 is 11.8 Å². The second-order valence-electron chi connectivity index (χ2n) is 5.37. The van der Waals surface area contributed by atoms with E-state index in [1.807, 2.05) is 0 Å². The highest BCUT2D eigenvalue weighted by Crippen LogP contribution is 2.25. The zero-order valence-corrected chi connectivity index (χ0v) is 11.4. The first-order chi connectivity index (χ1) is 8.49. The largest absolute Gasteiger partial charge is 0.356 e. The Morgan fingerprint density at radius 2 is 1.83 bits per heavy atom. The van der Waals surface area contributed by atoms with Crippen LogP contribution in [0.1, 0.15) is 38.5 Å². The Hall–Kier alpha value is -1.10. The maximum absolute atomic E-state index is 11.7. The molecule has 0 aromatic carbocycles. The van der Waals surface area contributed by atoms with E-state index in [0.717, 1.165) is 25.7 Å². The first-order valence-corrected chi connectivity index (χ1v) is 6.71. The van der Waals surface area contributed by atoms with Crippen molar-refractivity contribution < 1.29 is 9.59 Å². The molecule has 104 valence electrons. The highest BCUT2D eigenvalue weighted by Gasteiger charge is 2.20. The van der Waals surface area contributed by atoms with Crippen molar-refractivity contribution in [3.8, 4) is 0 Å². The van der Waals surface area contributed by atoms with Crippen molar-refractivity contribution in [3.05, 3.63) is 0 Å². The molecule has 1 aliphatic rings. The molecule has 0 radical (unpaired) electrons. The Labute approximate surface area is 109 Å². The molecular weight excluding hydrogens is 230 g/mol. The zero-order valence-electron chi connectivity index (χ0n) is 11.4. The summed E-state index contributed by atoms with van der Waals surface area (Å²) in [5.74, 6) is 0.565. The van der Waals surface area contributed by atoms with Crippen LogP contribution in [0.3, 0.4) is 0 Å². The van der Waals surface area contributed by atoms with Crippen LogP contribution in [0.4, 0.5) is 0 Å². The second kappa shape index (κ2) is 7.36. The van der Waals surface area contributed by atoms with Crippen LogP contribution in [0.15, 0.2) is 0 Å². The van der Waals surface area contributed by atoms with E-state index in [9.17, 15) is 9.59 Å². The molecule has 0 spiro atoms. The molecule has 0 saturated heterocycles. The third-order valence-corrected chi connectivity index (χ3v) is 3.53. The Morgan fingerprint density at radius 1 is 1.22 bits per heavy atom. The number of nitrogens with two attached hydrogens (primary N) is 1. The van der Waals surface area contributed by atoms with E-state index in [2.05, 4.69) is 5.32 Å². The van der Waals surface area contributed by atoms with Gasteiger partial charge in [-0.25, -0.2) is 0 Å². The third-order valence-electron chi connectivity index (χ3n) is 3.53. The molecule has 1 rings (SSSR count). The van der Waals surface area contributed by atoms with Gasteiger partial charge in [-0.05, 0) is 31.6 Å². The van der Waals surface area contributed by atoms with E-state index in [1.165, 1.54) is 4.90 Å². The number of nitrogens with one attached hydrogen (secondary N) is 1. The quantitative estimate of drug-likeness (QED) is 0.750. The molecule has 0 aliphatic heterocycles. The van der Waals surface area contributed by atoms with Gasteiger partial charge >= 0.3 is 0 Å². The fourth-order valence-electron chi connectivity index (χ4n) is 2.26. The van der Waals surface area contributed by atoms with E-state index in [1.54, 1.807) is 14.1 Å². The van der Waals surface area contributed by atoms with Crippen LogP contribution in [0.2, 0.25) is 0 Å². The first kappa shape index (κ1) is 15.0. The van der Waals surface area contributed by atoms with Crippen molar-refractivity contribution in [2.24, 2.45) is 11.7 Å². The Balaban J connectivity index is 2.12. The molecule has 18 heavy (non-hydrogen) atoms. The van der Waals surface area contributed by atoms with Gasteiger partial charge in [0.2, 0.25) is 11.8 Å². The average molecular weight is 255 g/mol. The van der Waals surface area contributed by atoms with Crippen molar-refractivity contribution in [1.29, 1.82) is 0 Å². The number of rotatable bonds is 5. The maximum Gasteiger partial charge on any atom is 0.223 e. The Kier molecular flexibility index (Phi) is 6.12. The van der Waals surface area contributed by atoms with Crippen LogP contribution >= 0.6 is 0 Å². The highest BCUT2D eigenvalue weighted by atomic mass is 16.2. The summed E-state index contributed by atoms with van der Waals surface area (Å²) in [6.07, 6.45) is 5.09. The molecule has 0 bridgehead atoms. The van der Waals surface area contributed by atoms with Gasteiger partial charge in [0, 0.05) is 39.5 Å². The van der Waals surface area contributed by atoms with Crippen LogP contribution in [0.25, 0.3) is 0 Å². The van der Waals surface area contributed by atoms with E-state index < -0.39 is 0 Å². The summed E-state index contributed by atoms with van der Waals surface area (Å²) in [7, 11) is 3.44. The molecule has 0 aromatic rings. The molecule has 2 amide bonds. The van der Waals surface area contributed by atoms with Gasteiger partial charge in [-0.1, -0.05) is 0 Å². The molecule has 1 fully saturated rings. The molecule has 0 aromatic heterocycles. The van der Waals surface area contributed by atoms with Gasteiger partial charge in [-0.15, -0.1) is 0 Å². The van der Waals surface area contributed by atoms with E-state index in [0.29, 0.717) is 31.3 Å². The van der Waals surface area contributed by atoms with E-state index >= 15 is 0 Å². The van der Waals surface area contributed by atoms with Gasteiger partial charge in [-0.2, -0.15) is 0 Å². The summed E-state index contributed by atoms with van der Waals surface area (Å²) in [4.78, 5) is 24.5. The SMILES string of the molecule is CN(C)C(=O)CCNC(=O)CC1CCC(N)CC1. The van der Waals surface area contributed by atoms with Crippen LogP contribution < -0.4 is 11.1 Å². The minimum Gasteiger partial charge on any atom is -0.356 e. The third kappa shape index (κ3) is 5.49. The first-order valence-electron chi connectivity index (χ1n) is 6.71. The summed E-state index contributed by atoms with van der Waals surface area (Å²) in [6, 6.07) is 0.321.